The molecule has 0 unspecified atom stereocenters. The van der Waals surface area contributed by atoms with Gasteiger partial charge in [-0.15, -0.1) is 0 Å². The molecular formula is C11H14F2N2O5. The van der Waals surface area contributed by atoms with E-state index in [0.29, 0.717) is 0 Å². The molecule has 0 saturated carbocycles. The fourth-order valence-electron chi connectivity index (χ4n) is 2.07. The van der Waals surface area contributed by atoms with Gasteiger partial charge in [0, 0.05) is 18.2 Å². The molecule has 0 spiro atoms. The summed E-state index contributed by atoms with van der Waals surface area (Å²) in [6, 6.07) is 0. The first-order chi connectivity index (χ1) is 9.49. The molecule has 1 aliphatic heterocycles. The number of H-pyrrole nitrogens is 1. The number of rotatable bonds is 4. The number of aliphatic hydroxyl groups is 2. The summed E-state index contributed by atoms with van der Waals surface area (Å²) in [5, 5.41) is 18.4. The van der Waals surface area contributed by atoms with Crippen molar-refractivity contribution in [1.29, 1.82) is 0 Å². The van der Waals surface area contributed by atoms with Crippen molar-refractivity contribution in [2.75, 3.05) is 13.3 Å². The molecule has 0 aliphatic carbocycles. The van der Waals surface area contributed by atoms with Gasteiger partial charge in [0.1, 0.15) is 12.2 Å². The highest BCUT2D eigenvalue weighted by Gasteiger charge is 2.45. The molecule has 0 bridgehead atoms. The standard InChI is InChI=1S/C11H14F2N2O5/c12-2-1-5-3-15(11(19)14-9(5)18)10-7(13)8(17)6(4-16)20-10/h3,6-8,10,16-17H,1-2,4H2,(H,14,18,19)/t6-,7+,8-,10-/m1/s1/i12-1. The zero-order valence-corrected chi connectivity index (χ0v) is 10.3. The van der Waals surface area contributed by atoms with E-state index < -0.39 is 49.1 Å². The molecule has 1 fully saturated rings. The quantitative estimate of drug-likeness (QED) is 0.635. The lowest BCUT2D eigenvalue weighted by atomic mass is 10.1. The lowest BCUT2D eigenvalue weighted by Gasteiger charge is -2.16. The Morgan fingerprint density at radius 1 is 1.45 bits per heavy atom. The number of aromatic nitrogens is 2. The molecule has 0 aromatic carbocycles. The molecule has 20 heavy (non-hydrogen) atoms. The second-order valence-electron chi connectivity index (χ2n) is 4.44. The van der Waals surface area contributed by atoms with Gasteiger partial charge in [-0.05, 0) is 0 Å². The number of hydrogen-bond donors (Lipinski definition) is 3. The van der Waals surface area contributed by atoms with Gasteiger partial charge in [-0.2, -0.15) is 0 Å². The van der Waals surface area contributed by atoms with E-state index in [9.17, 15) is 23.5 Å². The highest BCUT2D eigenvalue weighted by molar-refractivity contribution is 5.06. The third-order valence-electron chi connectivity index (χ3n) is 3.15. The van der Waals surface area contributed by atoms with Crippen LogP contribution in [0.4, 0.5) is 8.78 Å². The van der Waals surface area contributed by atoms with E-state index in [1.807, 2.05) is 4.98 Å². The molecule has 3 N–H and O–H groups in total. The van der Waals surface area contributed by atoms with Crippen LogP contribution in [0.5, 0.6) is 0 Å². The summed E-state index contributed by atoms with van der Waals surface area (Å²) in [7, 11) is 0. The normalized spacial score (nSPS) is 29.8. The third kappa shape index (κ3) is 2.51. The predicted molar refractivity (Wildman–Crippen MR) is 62.9 cm³/mol. The molecule has 1 aromatic heterocycles. The van der Waals surface area contributed by atoms with Crippen LogP contribution in [0.15, 0.2) is 15.8 Å². The van der Waals surface area contributed by atoms with Gasteiger partial charge in [0.05, 0.1) is 13.3 Å². The number of aliphatic hydroxyl groups excluding tert-OH is 2. The second kappa shape index (κ2) is 5.81. The molecule has 1 aromatic rings. The number of alkyl halides is 2. The summed E-state index contributed by atoms with van der Waals surface area (Å²) < 4.78 is 32.0. The molecule has 0 radical (unpaired) electrons. The first-order valence-corrected chi connectivity index (χ1v) is 5.98. The number of nitrogens with one attached hydrogen (secondary N) is 1. The van der Waals surface area contributed by atoms with Gasteiger partial charge >= 0.3 is 5.69 Å². The number of aromatic amines is 1. The molecule has 4 atom stereocenters. The predicted octanol–water partition coefficient (Wildman–Crippen LogP) is -1.36. The summed E-state index contributed by atoms with van der Waals surface area (Å²) in [4.78, 5) is 25.0. The first kappa shape index (κ1) is 14.8. The van der Waals surface area contributed by atoms with Crippen LogP contribution in [-0.4, -0.2) is 51.4 Å². The van der Waals surface area contributed by atoms with Crippen molar-refractivity contribution in [2.45, 2.75) is 31.0 Å². The summed E-state index contributed by atoms with van der Waals surface area (Å²) in [6.45, 7) is -1.43. The molecule has 0 amide bonds. The average Bonchev–Trinajstić information content (AvgIpc) is 2.70. The Bertz CT molecular complexity index is 587. The van der Waals surface area contributed by atoms with E-state index in [2.05, 4.69) is 0 Å². The summed E-state index contributed by atoms with van der Waals surface area (Å²) in [5.41, 5.74) is -1.72. The van der Waals surface area contributed by atoms with Gasteiger partial charge < -0.3 is 14.9 Å². The van der Waals surface area contributed by atoms with Crippen molar-refractivity contribution < 1.29 is 23.7 Å². The number of nitrogens with zero attached hydrogens (tertiary/aromatic N) is 1. The number of aryl methyl sites for hydroxylation is 1. The molecule has 1 saturated heterocycles. The van der Waals surface area contributed by atoms with Crippen LogP contribution in [0.3, 0.4) is 0 Å². The van der Waals surface area contributed by atoms with Gasteiger partial charge in [-0.3, -0.25) is 18.7 Å². The Morgan fingerprint density at radius 2 is 2.15 bits per heavy atom. The Labute approximate surface area is 111 Å². The van der Waals surface area contributed by atoms with Crippen LogP contribution in [0.25, 0.3) is 0 Å². The van der Waals surface area contributed by atoms with Crippen molar-refractivity contribution in [3.8, 4) is 0 Å². The van der Waals surface area contributed by atoms with Gasteiger partial charge in [0.2, 0.25) is 0 Å². The van der Waals surface area contributed by atoms with E-state index >= 15 is 0 Å². The third-order valence-corrected chi connectivity index (χ3v) is 3.15. The minimum Gasteiger partial charge on any atom is -0.394 e. The van der Waals surface area contributed by atoms with Gasteiger partial charge in [0.15, 0.2) is 12.4 Å². The molecule has 1 aliphatic rings. The summed E-state index contributed by atoms with van der Waals surface area (Å²) in [5.74, 6) is 0. The lowest BCUT2D eigenvalue weighted by Crippen LogP contribution is -2.37. The zero-order chi connectivity index (χ0) is 14.9. The fraction of sp³-hybridized carbons (Fsp3) is 0.636. The monoisotopic (exact) mass is 291 g/mol. The van der Waals surface area contributed by atoms with Crippen molar-refractivity contribution in [2.24, 2.45) is 0 Å². The van der Waals surface area contributed by atoms with Crippen LogP contribution in [0, 0.1) is 0 Å². The summed E-state index contributed by atoms with van der Waals surface area (Å²) in [6.07, 6.45) is -5.42. The topological polar surface area (TPSA) is 105 Å². The number of ether oxygens (including phenoxy) is 1. The molecule has 7 nitrogen and oxygen atoms in total. The Balaban J connectivity index is 2.40. The van der Waals surface area contributed by atoms with E-state index in [-0.39, 0.29) is 12.0 Å². The number of hydrogen-bond acceptors (Lipinski definition) is 5. The molecular weight excluding hydrogens is 277 g/mol. The summed E-state index contributed by atoms with van der Waals surface area (Å²) >= 11 is 0. The van der Waals surface area contributed by atoms with Gasteiger partial charge in [-0.25, -0.2) is 9.18 Å². The molecule has 2 rings (SSSR count). The fourth-order valence-corrected chi connectivity index (χ4v) is 2.07. The lowest BCUT2D eigenvalue weighted by molar-refractivity contribution is -0.0492. The highest BCUT2D eigenvalue weighted by Crippen LogP contribution is 2.30. The van der Waals surface area contributed by atoms with Crippen molar-refractivity contribution in [1.82, 2.24) is 9.55 Å². The van der Waals surface area contributed by atoms with Crippen LogP contribution in [-0.2, 0) is 11.2 Å². The maximum Gasteiger partial charge on any atom is 0.330 e. The smallest absolute Gasteiger partial charge is 0.330 e. The first-order valence-electron chi connectivity index (χ1n) is 5.98. The van der Waals surface area contributed by atoms with Crippen LogP contribution in [0.2, 0.25) is 0 Å². The highest BCUT2D eigenvalue weighted by atomic mass is 19.1. The second-order valence-corrected chi connectivity index (χ2v) is 4.44. The minimum atomic E-state index is -1.95. The molecule has 9 heteroatoms. The van der Waals surface area contributed by atoms with Crippen molar-refractivity contribution in [3.63, 3.8) is 0 Å². The SMILES string of the molecule is O=c1[nH]c(=O)n([C@@H]2O[C@H](CO)[C@@H](O)[C@@H]2F)cc1CC[18F]. The van der Waals surface area contributed by atoms with Gasteiger partial charge in [0.25, 0.3) is 5.56 Å². The molecule has 2 heterocycles. The van der Waals surface area contributed by atoms with Crippen LogP contribution in [0.1, 0.15) is 11.8 Å². The maximum absolute atomic E-state index is 13.9. The van der Waals surface area contributed by atoms with Gasteiger partial charge in [-0.1, -0.05) is 0 Å². The van der Waals surface area contributed by atoms with E-state index in [4.69, 9.17) is 9.84 Å². The Morgan fingerprint density at radius 3 is 2.70 bits per heavy atom. The Kier molecular flexibility index (Phi) is 4.31. The van der Waals surface area contributed by atoms with Crippen LogP contribution >= 0.6 is 0 Å². The minimum absolute atomic E-state index is 0.0372. The van der Waals surface area contributed by atoms with Crippen LogP contribution < -0.4 is 11.2 Å². The van der Waals surface area contributed by atoms with E-state index in [0.717, 1.165) is 10.8 Å². The van der Waals surface area contributed by atoms with Crippen molar-refractivity contribution in [3.05, 3.63) is 32.6 Å². The number of halogens is 2. The zero-order valence-electron chi connectivity index (χ0n) is 10.3. The largest absolute Gasteiger partial charge is 0.394 e. The van der Waals surface area contributed by atoms with Crippen molar-refractivity contribution >= 4 is 0 Å². The average molecular weight is 291 g/mol. The molecule has 112 valence electrons. The maximum atomic E-state index is 13.9. The van der Waals surface area contributed by atoms with E-state index in [1.165, 1.54) is 0 Å². The Hall–Kier alpha value is -1.58. The van der Waals surface area contributed by atoms with E-state index in [1.54, 1.807) is 0 Å².